The zero-order valence-electron chi connectivity index (χ0n) is 18.6. The van der Waals surface area contributed by atoms with Crippen LogP contribution in [-0.2, 0) is 9.53 Å². The quantitative estimate of drug-likeness (QED) is 0.552. The SMILES string of the molecule is O=C1C(=Cc2ccc(N3CCOCC3)cc2)SC(=Nc2ccccc2F)N1C1CCCCC1. The van der Waals surface area contributed by atoms with Gasteiger partial charge in [-0.1, -0.05) is 43.5 Å². The molecule has 172 valence electrons. The summed E-state index contributed by atoms with van der Waals surface area (Å²) in [5, 5.41) is 0.577. The number of anilines is 1. The van der Waals surface area contributed by atoms with Crippen molar-refractivity contribution in [2.75, 3.05) is 31.2 Å². The van der Waals surface area contributed by atoms with Crippen LogP contribution < -0.4 is 4.90 Å². The Hall–Kier alpha value is -2.64. The van der Waals surface area contributed by atoms with Crippen LogP contribution in [0.5, 0.6) is 0 Å². The molecule has 0 unspecified atom stereocenters. The van der Waals surface area contributed by atoms with E-state index >= 15 is 0 Å². The highest BCUT2D eigenvalue weighted by atomic mass is 32.2. The maximum absolute atomic E-state index is 14.3. The Kier molecular flexibility index (Phi) is 6.78. The molecule has 0 N–H and O–H groups in total. The van der Waals surface area contributed by atoms with E-state index in [1.807, 2.05) is 23.1 Å². The molecule has 2 heterocycles. The molecule has 1 amide bonds. The molecule has 3 fully saturated rings. The summed E-state index contributed by atoms with van der Waals surface area (Å²) >= 11 is 1.35. The minimum atomic E-state index is -0.377. The van der Waals surface area contributed by atoms with E-state index in [0.717, 1.165) is 63.2 Å². The van der Waals surface area contributed by atoms with E-state index in [1.165, 1.54) is 24.2 Å². The summed E-state index contributed by atoms with van der Waals surface area (Å²) in [6.45, 7) is 3.28. The van der Waals surface area contributed by atoms with E-state index in [9.17, 15) is 9.18 Å². The number of halogens is 1. The monoisotopic (exact) mass is 465 g/mol. The largest absolute Gasteiger partial charge is 0.378 e. The molecular formula is C26H28FN3O2S. The third-order valence-corrected chi connectivity index (χ3v) is 7.40. The molecule has 0 radical (unpaired) electrons. The lowest BCUT2D eigenvalue weighted by atomic mass is 9.94. The van der Waals surface area contributed by atoms with Gasteiger partial charge in [0.2, 0.25) is 0 Å². The molecule has 0 aromatic heterocycles. The Morgan fingerprint density at radius 2 is 1.73 bits per heavy atom. The number of ether oxygens (including phenoxy) is 1. The average Bonchev–Trinajstić information content (AvgIpc) is 3.16. The molecule has 2 aliphatic heterocycles. The number of carbonyl (C=O) groups is 1. The van der Waals surface area contributed by atoms with Crippen molar-refractivity contribution >= 4 is 40.3 Å². The fraction of sp³-hybridized carbons (Fsp3) is 0.385. The number of hydrogen-bond donors (Lipinski definition) is 0. The van der Waals surface area contributed by atoms with Crippen LogP contribution >= 0.6 is 11.8 Å². The number of benzene rings is 2. The first kappa shape index (κ1) is 22.2. The summed E-state index contributed by atoms with van der Waals surface area (Å²) in [5.41, 5.74) is 2.40. The summed E-state index contributed by atoms with van der Waals surface area (Å²) in [7, 11) is 0. The predicted molar refractivity (Wildman–Crippen MR) is 132 cm³/mol. The summed E-state index contributed by atoms with van der Waals surface area (Å²) < 4.78 is 19.7. The first-order valence-corrected chi connectivity index (χ1v) is 12.5. The van der Waals surface area contributed by atoms with Gasteiger partial charge in [-0.3, -0.25) is 9.69 Å². The molecule has 0 bridgehead atoms. The maximum atomic E-state index is 14.3. The number of amidine groups is 1. The van der Waals surface area contributed by atoms with Crippen LogP contribution in [0, 0.1) is 5.82 Å². The Bertz CT molecular complexity index is 1060. The third kappa shape index (κ3) is 4.99. The second kappa shape index (κ2) is 10.1. The van der Waals surface area contributed by atoms with Crippen LogP contribution in [0.3, 0.4) is 0 Å². The van der Waals surface area contributed by atoms with Crippen molar-refractivity contribution in [2.24, 2.45) is 4.99 Å². The van der Waals surface area contributed by atoms with Crippen molar-refractivity contribution in [2.45, 2.75) is 38.1 Å². The van der Waals surface area contributed by atoms with Gasteiger partial charge in [0.1, 0.15) is 11.5 Å². The van der Waals surface area contributed by atoms with Crippen LogP contribution in [0.2, 0.25) is 0 Å². The number of carbonyl (C=O) groups excluding carboxylic acids is 1. The lowest BCUT2D eigenvalue weighted by Crippen LogP contribution is -2.40. The number of aliphatic imine (C=N–C) groups is 1. The van der Waals surface area contributed by atoms with Crippen molar-refractivity contribution in [3.05, 3.63) is 64.8 Å². The van der Waals surface area contributed by atoms with Gasteiger partial charge in [-0.05, 0) is 60.5 Å². The summed E-state index contributed by atoms with van der Waals surface area (Å²) in [4.78, 5) is 22.8. The Morgan fingerprint density at radius 3 is 2.45 bits per heavy atom. The molecule has 7 heteroatoms. The number of nitrogens with zero attached hydrogens (tertiary/aromatic N) is 3. The van der Waals surface area contributed by atoms with Gasteiger partial charge in [-0.15, -0.1) is 0 Å². The molecular weight excluding hydrogens is 437 g/mol. The van der Waals surface area contributed by atoms with Crippen molar-refractivity contribution < 1.29 is 13.9 Å². The van der Waals surface area contributed by atoms with E-state index in [-0.39, 0.29) is 23.5 Å². The number of thioether (sulfide) groups is 1. The van der Waals surface area contributed by atoms with Gasteiger partial charge in [-0.25, -0.2) is 9.38 Å². The molecule has 0 spiro atoms. The number of rotatable bonds is 4. The predicted octanol–water partition coefficient (Wildman–Crippen LogP) is 5.60. The van der Waals surface area contributed by atoms with Gasteiger partial charge in [0.15, 0.2) is 5.17 Å². The number of morpholine rings is 1. The molecule has 5 nitrogen and oxygen atoms in total. The topological polar surface area (TPSA) is 45.1 Å². The zero-order valence-corrected chi connectivity index (χ0v) is 19.4. The van der Waals surface area contributed by atoms with Crippen LogP contribution in [-0.4, -0.2) is 48.3 Å². The minimum absolute atomic E-state index is 0.0285. The maximum Gasteiger partial charge on any atom is 0.267 e. The van der Waals surface area contributed by atoms with Crippen LogP contribution in [0.1, 0.15) is 37.7 Å². The van der Waals surface area contributed by atoms with E-state index < -0.39 is 0 Å². The second-order valence-electron chi connectivity index (χ2n) is 8.61. The molecule has 2 aromatic carbocycles. The number of para-hydroxylation sites is 1. The van der Waals surface area contributed by atoms with E-state index in [0.29, 0.717) is 10.1 Å². The van der Waals surface area contributed by atoms with Gasteiger partial charge >= 0.3 is 0 Å². The molecule has 2 saturated heterocycles. The number of hydrogen-bond acceptors (Lipinski definition) is 5. The van der Waals surface area contributed by atoms with Gasteiger partial charge in [0, 0.05) is 24.8 Å². The first-order chi connectivity index (χ1) is 16.2. The molecule has 1 aliphatic carbocycles. The van der Waals surface area contributed by atoms with Gasteiger partial charge < -0.3 is 9.64 Å². The lowest BCUT2D eigenvalue weighted by molar-refractivity contribution is -0.124. The highest BCUT2D eigenvalue weighted by Gasteiger charge is 2.38. The molecule has 0 atom stereocenters. The first-order valence-electron chi connectivity index (χ1n) is 11.7. The Morgan fingerprint density at radius 1 is 1.00 bits per heavy atom. The fourth-order valence-electron chi connectivity index (χ4n) is 4.63. The third-order valence-electron chi connectivity index (χ3n) is 6.41. The Balaban J connectivity index is 1.42. The average molecular weight is 466 g/mol. The summed E-state index contributed by atoms with van der Waals surface area (Å²) in [6.07, 6.45) is 7.26. The zero-order chi connectivity index (χ0) is 22.6. The van der Waals surface area contributed by atoms with E-state index in [1.54, 1.807) is 18.2 Å². The lowest BCUT2D eigenvalue weighted by Gasteiger charge is -2.30. The molecule has 3 aliphatic rings. The smallest absolute Gasteiger partial charge is 0.267 e. The van der Waals surface area contributed by atoms with Gasteiger partial charge in [0.05, 0.1) is 18.1 Å². The van der Waals surface area contributed by atoms with E-state index in [2.05, 4.69) is 22.0 Å². The Labute approximate surface area is 198 Å². The van der Waals surface area contributed by atoms with Crippen molar-refractivity contribution in [3.8, 4) is 0 Å². The normalized spacial score (nSPS) is 22.5. The summed E-state index contributed by atoms with van der Waals surface area (Å²) in [5.74, 6) is -0.406. The van der Waals surface area contributed by atoms with Gasteiger partial charge in [0.25, 0.3) is 5.91 Å². The van der Waals surface area contributed by atoms with Crippen molar-refractivity contribution in [1.82, 2.24) is 4.90 Å². The highest BCUT2D eigenvalue weighted by molar-refractivity contribution is 8.18. The van der Waals surface area contributed by atoms with Crippen molar-refractivity contribution in [1.29, 1.82) is 0 Å². The molecule has 2 aromatic rings. The molecule has 1 saturated carbocycles. The number of amides is 1. The van der Waals surface area contributed by atoms with E-state index in [4.69, 9.17) is 4.74 Å². The van der Waals surface area contributed by atoms with Gasteiger partial charge in [-0.2, -0.15) is 0 Å². The highest BCUT2D eigenvalue weighted by Crippen LogP contribution is 2.39. The van der Waals surface area contributed by atoms with Crippen LogP contribution in [0.4, 0.5) is 15.8 Å². The van der Waals surface area contributed by atoms with Crippen LogP contribution in [0.25, 0.3) is 6.08 Å². The van der Waals surface area contributed by atoms with Crippen LogP contribution in [0.15, 0.2) is 58.4 Å². The molecule has 5 rings (SSSR count). The molecule has 33 heavy (non-hydrogen) atoms. The summed E-state index contributed by atoms with van der Waals surface area (Å²) in [6, 6.07) is 14.9. The second-order valence-corrected chi connectivity index (χ2v) is 9.62. The fourth-order valence-corrected chi connectivity index (χ4v) is 5.68. The minimum Gasteiger partial charge on any atom is -0.378 e. The van der Waals surface area contributed by atoms with Crippen molar-refractivity contribution in [3.63, 3.8) is 0 Å². The standard InChI is InChI=1S/C26H28FN3O2S/c27-22-8-4-5-9-23(22)28-26-30(21-6-2-1-3-7-21)25(31)24(33-26)18-19-10-12-20(13-11-19)29-14-16-32-17-15-29/h4-5,8-13,18,21H,1-3,6-7,14-17H2.